The van der Waals surface area contributed by atoms with Crippen molar-refractivity contribution in [2.75, 3.05) is 25.0 Å². The fourth-order valence-electron chi connectivity index (χ4n) is 2.98. The molecule has 0 aliphatic carbocycles. The van der Waals surface area contributed by atoms with Crippen LogP contribution in [-0.4, -0.2) is 37.1 Å². The summed E-state index contributed by atoms with van der Waals surface area (Å²) in [5, 5.41) is 6.20. The number of anilines is 1. The topological polar surface area (TPSA) is 52.6 Å². The summed E-state index contributed by atoms with van der Waals surface area (Å²) in [5.41, 5.74) is 0.284. The Morgan fingerprint density at radius 2 is 1.89 bits per heavy atom. The van der Waals surface area contributed by atoms with Crippen molar-refractivity contribution in [2.24, 2.45) is 4.99 Å². The molecule has 1 unspecified atom stereocenters. The van der Waals surface area contributed by atoms with Crippen molar-refractivity contribution in [3.05, 3.63) is 59.7 Å². The van der Waals surface area contributed by atoms with E-state index in [1.165, 1.54) is 36.5 Å². The van der Waals surface area contributed by atoms with Gasteiger partial charge in [-0.1, -0.05) is 6.07 Å². The highest BCUT2D eigenvalue weighted by atomic mass is 127. The third-order valence-corrected chi connectivity index (χ3v) is 4.26. The molecule has 9 heteroatoms. The number of para-hydroxylation sites is 1. The normalized spacial score (nSPS) is 16.8. The van der Waals surface area contributed by atoms with E-state index in [1.54, 1.807) is 11.9 Å². The Morgan fingerprint density at radius 3 is 2.56 bits per heavy atom. The van der Waals surface area contributed by atoms with Gasteiger partial charge in [0.05, 0.1) is 12.2 Å². The molecule has 27 heavy (non-hydrogen) atoms. The zero-order chi connectivity index (χ0) is 18.5. The minimum absolute atomic E-state index is 0. The van der Waals surface area contributed by atoms with E-state index in [4.69, 9.17) is 0 Å². The number of halogens is 4. The first kappa shape index (κ1) is 21.3. The van der Waals surface area contributed by atoms with Gasteiger partial charge in [0.1, 0.15) is 23.1 Å². The van der Waals surface area contributed by atoms with Crippen LogP contribution in [0.2, 0.25) is 0 Å². The van der Waals surface area contributed by atoms with Gasteiger partial charge >= 0.3 is 0 Å². The SMILES string of the molecule is CN=C(NCc1ncccc1F)NC1CCN(c2c(F)cccc2F)C1.I. The van der Waals surface area contributed by atoms with Gasteiger partial charge in [-0.3, -0.25) is 9.98 Å². The van der Waals surface area contributed by atoms with E-state index >= 15 is 0 Å². The van der Waals surface area contributed by atoms with Crippen molar-refractivity contribution in [1.29, 1.82) is 0 Å². The van der Waals surface area contributed by atoms with Crippen LogP contribution in [0.3, 0.4) is 0 Å². The number of benzene rings is 1. The maximum absolute atomic E-state index is 13.9. The van der Waals surface area contributed by atoms with E-state index in [9.17, 15) is 13.2 Å². The first-order chi connectivity index (χ1) is 12.6. The molecule has 1 aromatic heterocycles. The van der Waals surface area contributed by atoms with Gasteiger partial charge in [0.15, 0.2) is 5.96 Å². The van der Waals surface area contributed by atoms with Crippen LogP contribution in [0.1, 0.15) is 12.1 Å². The molecular weight excluding hydrogens is 470 g/mol. The number of nitrogens with one attached hydrogen (secondary N) is 2. The standard InChI is InChI=1S/C18H20F3N5.HI/c1-22-18(24-10-16-13(19)6-3-8-23-16)25-12-7-9-26(11-12)17-14(20)4-2-5-15(17)21;/h2-6,8,12H,7,9-11H2,1H3,(H2,22,24,25);1H. The van der Waals surface area contributed by atoms with Crippen LogP contribution in [-0.2, 0) is 6.54 Å². The number of guanidine groups is 1. The number of hydrogen-bond donors (Lipinski definition) is 2. The molecule has 1 saturated heterocycles. The van der Waals surface area contributed by atoms with Gasteiger partial charge in [-0.05, 0) is 30.7 Å². The second kappa shape index (κ2) is 9.77. The zero-order valence-corrected chi connectivity index (χ0v) is 17.1. The minimum Gasteiger partial charge on any atom is -0.365 e. The quantitative estimate of drug-likeness (QED) is 0.393. The molecular formula is C18H21F3IN5. The summed E-state index contributed by atoms with van der Waals surface area (Å²) in [6, 6.07) is 6.69. The van der Waals surface area contributed by atoms with Crippen molar-refractivity contribution in [2.45, 2.75) is 19.0 Å². The third kappa shape index (κ3) is 5.24. The van der Waals surface area contributed by atoms with E-state index in [0.717, 1.165) is 0 Å². The molecule has 2 aromatic rings. The average Bonchev–Trinajstić information content (AvgIpc) is 3.07. The van der Waals surface area contributed by atoms with E-state index in [2.05, 4.69) is 20.6 Å². The highest BCUT2D eigenvalue weighted by molar-refractivity contribution is 14.0. The largest absolute Gasteiger partial charge is 0.365 e. The molecule has 0 saturated carbocycles. The summed E-state index contributed by atoms with van der Waals surface area (Å²) in [6.07, 6.45) is 2.22. The second-order valence-electron chi connectivity index (χ2n) is 6.00. The van der Waals surface area contributed by atoms with Crippen LogP contribution >= 0.6 is 24.0 Å². The zero-order valence-electron chi connectivity index (χ0n) is 14.8. The van der Waals surface area contributed by atoms with Crippen molar-refractivity contribution in [3.63, 3.8) is 0 Å². The van der Waals surface area contributed by atoms with Gasteiger partial charge in [0, 0.05) is 32.4 Å². The first-order valence-corrected chi connectivity index (χ1v) is 8.34. The molecule has 0 radical (unpaired) electrons. The Kier molecular flexibility index (Phi) is 7.69. The lowest BCUT2D eigenvalue weighted by Crippen LogP contribution is -2.44. The van der Waals surface area contributed by atoms with Crippen molar-refractivity contribution < 1.29 is 13.2 Å². The summed E-state index contributed by atoms with van der Waals surface area (Å²) in [4.78, 5) is 9.76. The number of rotatable bonds is 4. The van der Waals surface area contributed by atoms with Gasteiger partial charge in [0.2, 0.25) is 0 Å². The summed E-state index contributed by atoms with van der Waals surface area (Å²) in [7, 11) is 1.60. The third-order valence-electron chi connectivity index (χ3n) is 4.26. The van der Waals surface area contributed by atoms with Crippen molar-refractivity contribution in [1.82, 2.24) is 15.6 Å². The number of aliphatic imine (C=N–C) groups is 1. The lowest BCUT2D eigenvalue weighted by Gasteiger charge is -2.21. The molecule has 3 rings (SSSR count). The fraction of sp³-hybridized carbons (Fsp3) is 0.333. The van der Waals surface area contributed by atoms with Crippen molar-refractivity contribution in [3.8, 4) is 0 Å². The van der Waals surface area contributed by atoms with Crippen LogP contribution in [0.15, 0.2) is 41.5 Å². The summed E-state index contributed by atoms with van der Waals surface area (Å²) in [6.45, 7) is 1.16. The number of pyridine rings is 1. The Balaban J connectivity index is 0.00000261. The molecule has 0 bridgehead atoms. The predicted octanol–water partition coefficient (Wildman–Crippen LogP) is 3.06. The first-order valence-electron chi connectivity index (χ1n) is 8.34. The Bertz CT molecular complexity index is 782. The van der Waals surface area contributed by atoms with Crippen molar-refractivity contribution >= 4 is 35.6 Å². The van der Waals surface area contributed by atoms with Crippen LogP contribution in [0.4, 0.5) is 18.9 Å². The molecule has 2 heterocycles. The summed E-state index contributed by atoms with van der Waals surface area (Å²) < 4.78 is 41.5. The molecule has 5 nitrogen and oxygen atoms in total. The van der Waals surface area contributed by atoms with Gasteiger partial charge in [0.25, 0.3) is 0 Å². The van der Waals surface area contributed by atoms with Crippen LogP contribution in [0.5, 0.6) is 0 Å². The maximum Gasteiger partial charge on any atom is 0.191 e. The molecule has 1 fully saturated rings. The lowest BCUT2D eigenvalue weighted by atomic mass is 10.2. The summed E-state index contributed by atoms with van der Waals surface area (Å²) >= 11 is 0. The van der Waals surface area contributed by atoms with E-state index in [0.29, 0.717) is 25.5 Å². The lowest BCUT2D eigenvalue weighted by molar-refractivity contribution is 0.575. The second-order valence-corrected chi connectivity index (χ2v) is 6.00. The predicted molar refractivity (Wildman–Crippen MR) is 110 cm³/mol. The van der Waals surface area contributed by atoms with Gasteiger partial charge in [-0.15, -0.1) is 24.0 Å². The van der Waals surface area contributed by atoms with Gasteiger partial charge < -0.3 is 15.5 Å². The number of hydrogen-bond acceptors (Lipinski definition) is 3. The van der Waals surface area contributed by atoms with Crippen LogP contribution in [0, 0.1) is 17.5 Å². The highest BCUT2D eigenvalue weighted by Crippen LogP contribution is 2.26. The molecule has 0 spiro atoms. The molecule has 2 N–H and O–H groups in total. The summed E-state index contributed by atoms with van der Waals surface area (Å²) in [5.74, 6) is -1.05. The molecule has 146 valence electrons. The number of aromatic nitrogens is 1. The van der Waals surface area contributed by atoms with E-state index in [1.807, 2.05) is 0 Å². The van der Waals surface area contributed by atoms with Crippen LogP contribution in [0.25, 0.3) is 0 Å². The smallest absolute Gasteiger partial charge is 0.191 e. The molecule has 1 aromatic carbocycles. The Labute approximate surface area is 173 Å². The molecule has 1 aliphatic rings. The highest BCUT2D eigenvalue weighted by Gasteiger charge is 2.27. The van der Waals surface area contributed by atoms with E-state index in [-0.39, 0.29) is 47.9 Å². The molecule has 0 amide bonds. The number of nitrogens with zero attached hydrogens (tertiary/aromatic N) is 3. The molecule has 1 aliphatic heterocycles. The minimum atomic E-state index is -0.571. The Hall–Kier alpha value is -2.04. The monoisotopic (exact) mass is 491 g/mol. The maximum atomic E-state index is 13.9. The van der Waals surface area contributed by atoms with Gasteiger partial charge in [-0.25, -0.2) is 13.2 Å². The van der Waals surface area contributed by atoms with E-state index < -0.39 is 17.5 Å². The van der Waals surface area contributed by atoms with Gasteiger partial charge in [-0.2, -0.15) is 0 Å². The average molecular weight is 491 g/mol. The van der Waals surface area contributed by atoms with Crippen LogP contribution < -0.4 is 15.5 Å². The Morgan fingerprint density at radius 1 is 1.19 bits per heavy atom. The fourth-order valence-corrected chi connectivity index (χ4v) is 2.98. The molecule has 1 atom stereocenters.